The molecule has 0 radical (unpaired) electrons. The van der Waals surface area contributed by atoms with Crippen LogP contribution < -0.4 is 0 Å². The number of fused-ring (bicyclic) bond motifs is 22. The molecule has 0 aliphatic carbocycles. The van der Waals surface area contributed by atoms with Gasteiger partial charge in [-0.25, -0.2) is 19.9 Å². The van der Waals surface area contributed by atoms with Crippen LogP contribution in [0, 0.1) is 0 Å². The molecule has 0 saturated carbocycles. The molecule has 0 fully saturated rings. The van der Waals surface area contributed by atoms with E-state index in [-0.39, 0.29) is 0 Å². The largest absolute Gasteiger partial charge is 0.309 e. The molecule has 8 heterocycles. The van der Waals surface area contributed by atoms with Crippen LogP contribution in [0.3, 0.4) is 0 Å². The summed E-state index contributed by atoms with van der Waals surface area (Å²) < 4.78 is 14.5. The molecule has 12 heteroatoms. The van der Waals surface area contributed by atoms with Gasteiger partial charge >= 0.3 is 0 Å². The summed E-state index contributed by atoms with van der Waals surface area (Å²) >= 11 is 3.73. The first-order valence-corrected chi connectivity index (χ1v) is 37.9. The van der Waals surface area contributed by atoms with Crippen LogP contribution in [0.1, 0.15) is 0 Å². The lowest BCUT2D eigenvalue weighted by molar-refractivity contribution is 0.953. The summed E-state index contributed by atoms with van der Waals surface area (Å²) in [6.45, 7) is 0. The van der Waals surface area contributed by atoms with Gasteiger partial charge in [-0.05, 0) is 102 Å². The highest BCUT2D eigenvalue weighted by molar-refractivity contribution is 7.27. The summed E-state index contributed by atoms with van der Waals surface area (Å²) in [5.74, 6) is 3.62. The molecule has 502 valence electrons. The summed E-state index contributed by atoms with van der Waals surface area (Å²) in [6.07, 6.45) is 0. The first kappa shape index (κ1) is 60.4. The minimum Gasteiger partial charge on any atom is -0.309 e. The number of thiophene rings is 2. The summed E-state index contributed by atoms with van der Waals surface area (Å²) in [4.78, 5) is 31.4. The van der Waals surface area contributed by atoms with Crippen LogP contribution in [0.2, 0.25) is 0 Å². The van der Waals surface area contributed by atoms with Gasteiger partial charge in [-0.1, -0.05) is 249 Å². The second-order valence-electron chi connectivity index (χ2n) is 27.7. The third-order valence-corrected chi connectivity index (χ3v) is 24.0. The first-order valence-electron chi connectivity index (χ1n) is 36.2. The van der Waals surface area contributed by atoms with E-state index in [1.54, 1.807) is 0 Å². The van der Waals surface area contributed by atoms with E-state index in [1.165, 1.54) is 94.6 Å². The number of aromatic nitrogens is 10. The van der Waals surface area contributed by atoms with Crippen LogP contribution in [0.5, 0.6) is 0 Å². The Bertz CT molecular complexity index is 7590. The van der Waals surface area contributed by atoms with Gasteiger partial charge in [0.05, 0.1) is 44.1 Å². The molecule has 0 unspecified atom stereocenters. The van der Waals surface area contributed by atoms with Crippen molar-refractivity contribution in [2.75, 3.05) is 0 Å². The number of hydrogen-bond acceptors (Lipinski definition) is 8. The fraction of sp³-hybridized carbons (Fsp3) is 0. The van der Waals surface area contributed by atoms with Crippen molar-refractivity contribution in [2.24, 2.45) is 0 Å². The van der Waals surface area contributed by atoms with E-state index in [0.717, 1.165) is 89.0 Å². The molecular formula is C96H56N10S2. The quantitative estimate of drug-likeness (QED) is 0.135. The smallest absolute Gasteiger partial charge is 0.238 e. The molecule has 23 rings (SSSR count). The third kappa shape index (κ3) is 9.18. The van der Waals surface area contributed by atoms with Crippen LogP contribution in [-0.2, 0) is 0 Å². The van der Waals surface area contributed by atoms with Gasteiger partial charge < -0.3 is 13.7 Å². The second-order valence-corrected chi connectivity index (χ2v) is 29.8. The standard InChI is InChI=1S/C96H56N10S2/c1-6-23-58(24-7-1)91-97-92(59-25-8-2-9-26-59)99-95(98-91)63-29-22-34-66(55-63)103-76-39-20-17-36-70(76)83-79(103)51-46-72-86-82(107-89(72)83)54-49-69-74-56-62(45-50-78(74)105(88(69)86)65-32-14-5-15-33-65)57-41-43-61(44-42-57)94-100-93(60-27-10-3-11-28-60)101-96(102-94)106-77-40-21-18-37-71(77)84-80(106)52-47-73-85-81(108-90(73)84)53-48-68-67-35-16-19-38-75(67)104(87(68)85)64-30-12-4-13-31-64/h1-56H. The molecule has 0 saturated heterocycles. The van der Waals surface area contributed by atoms with Gasteiger partial charge in [0.1, 0.15) is 0 Å². The van der Waals surface area contributed by atoms with E-state index >= 15 is 0 Å². The molecule has 0 aliphatic heterocycles. The van der Waals surface area contributed by atoms with E-state index in [2.05, 4.69) is 279 Å². The molecule has 15 aromatic carbocycles. The predicted octanol–water partition coefficient (Wildman–Crippen LogP) is 25.2. The van der Waals surface area contributed by atoms with Crippen molar-refractivity contribution in [3.8, 4) is 91.1 Å². The Morgan fingerprint density at radius 3 is 1.08 bits per heavy atom. The summed E-state index contributed by atoms with van der Waals surface area (Å²) in [5, 5.41) is 14.5. The predicted molar refractivity (Wildman–Crippen MR) is 449 cm³/mol. The van der Waals surface area contributed by atoms with Crippen molar-refractivity contribution in [3.05, 3.63) is 340 Å². The minimum absolute atomic E-state index is 0.556. The maximum atomic E-state index is 5.47. The van der Waals surface area contributed by atoms with Gasteiger partial charge in [-0.3, -0.25) is 4.57 Å². The lowest BCUT2D eigenvalue weighted by Crippen LogP contribution is -2.06. The van der Waals surface area contributed by atoms with Crippen LogP contribution in [0.4, 0.5) is 0 Å². The van der Waals surface area contributed by atoms with E-state index in [4.69, 9.17) is 29.9 Å². The molecule has 0 bridgehead atoms. The summed E-state index contributed by atoms with van der Waals surface area (Å²) in [5.41, 5.74) is 19.1. The Kier molecular flexibility index (Phi) is 13.3. The third-order valence-electron chi connectivity index (χ3n) is 21.7. The number of nitrogens with zero attached hydrogens (tertiary/aromatic N) is 10. The van der Waals surface area contributed by atoms with Crippen molar-refractivity contribution in [1.82, 2.24) is 48.2 Å². The number of benzene rings is 15. The van der Waals surface area contributed by atoms with Crippen molar-refractivity contribution in [1.29, 1.82) is 0 Å². The van der Waals surface area contributed by atoms with Crippen LogP contribution in [0.15, 0.2) is 340 Å². The maximum Gasteiger partial charge on any atom is 0.238 e. The first-order chi connectivity index (χ1) is 53.6. The molecular weight excluding hydrogens is 1360 g/mol. The highest BCUT2D eigenvalue weighted by Gasteiger charge is 2.27. The number of para-hydroxylation sites is 5. The van der Waals surface area contributed by atoms with E-state index in [0.29, 0.717) is 35.1 Å². The molecule has 10 nitrogen and oxygen atoms in total. The molecule has 0 spiro atoms. The number of rotatable bonds is 10. The normalized spacial score (nSPS) is 12.1. The number of hydrogen-bond donors (Lipinski definition) is 0. The summed E-state index contributed by atoms with van der Waals surface area (Å²) in [7, 11) is 0. The SMILES string of the molecule is c1ccc(-c2nc(-c3ccccc3)nc(-c3cccc(-n4c5ccccc5c5c6sc7ccc8c9cc(-c%10ccc(-c%11nc(-c%12ccccc%12)nc(-n%12c%13ccccc%13c%13c%14sc%15ccc%16c%17ccccc%17n(-c%17ccccc%17)c%16c%15c%14ccc%13%12)n%11)cc%10)ccc9n(-c9ccccc9)c8c7c6ccc54)c3)n2)cc1. The zero-order valence-electron chi connectivity index (χ0n) is 57.6. The Hall–Kier alpha value is -14.0. The van der Waals surface area contributed by atoms with Gasteiger partial charge in [0.2, 0.25) is 5.95 Å². The Balaban J connectivity index is 0.646. The average Bonchev–Trinajstić information content (AvgIpc) is 1.52. The fourth-order valence-corrected chi connectivity index (χ4v) is 19.4. The average molecular weight is 1410 g/mol. The Morgan fingerprint density at radius 2 is 0.556 bits per heavy atom. The Morgan fingerprint density at radius 1 is 0.194 bits per heavy atom. The van der Waals surface area contributed by atoms with Crippen molar-refractivity contribution in [3.63, 3.8) is 0 Å². The molecule has 108 heavy (non-hydrogen) atoms. The lowest BCUT2D eigenvalue weighted by Gasteiger charge is -2.12. The van der Waals surface area contributed by atoms with Crippen molar-refractivity contribution >= 4 is 150 Å². The molecule has 0 amide bonds. The molecule has 0 aliphatic rings. The van der Waals surface area contributed by atoms with Gasteiger partial charge in [0, 0.05) is 128 Å². The minimum atomic E-state index is 0.556. The lowest BCUT2D eigenvalue weighted by atomic mass is 10.0. The Labute approximate surface area is 624 Å². The summed E-state index contributed by atoms with van der Waals surface area (Å²) in [6, 6.07) is 121. The van der Waals surface area contributed by atoms with E-state index in [9.17, 15) is 0 Å². The van der Waals surface area contributed by atoms with Gasteiger partial charge in [-0.15, -0.1) is 22.7 Å². The van der Waals surface area contributed by atoms with Gasteiger partial charge in [0.25, 0.3) is 0 Å². The zero-order chi connectivity index (χ0) is 70.7. The second kappa shape index (κ2) is 23.7. The van der Waals surface area contributed by atoms with Gasteiger partial charge in [-0.2, -0.15) is 9.97 Å². The van der Waals surface area contributed by atoms with Crippen LogP contribution in [-0.4, -0.2) is 48.2 Å². The van der Waals surface area contributed by atoms with Crippen LogP contribution >= 0.6 is 22.7 Å². The molecule has 0 atom stereocenters. The molecule has 23 aromatic rings. The zero-order valence-corrected chi connectivity index (χ0v) is 59.3. The topological polar surface area (TPSA) is 97.1 Å². The maximum absolute atomic E-state index is 5.47. The monoisotopic (exact) mass is 1410 g/mol. The van der Waals surface area contributed by atoms with E-state index < -0.39 is 0 Å². The van der Waals surface area contributed by atoms with Crippen molar-refractivity contribution < 1.29 is 0 Å². The van der Waals surface area contributed by atoms with Crippen LogP contribution in [0.25, 0.3) is 219 Å². The van der Waals surface area contributed by atoms with Gasteiger partial charge in [0.15, 0.2) is 29.1 Å². The van der Waals surface area contributed by atoms with E-state index in [1.807, 2.05) is 102 Å². The molecule has 8 aromatic heterocycles. The van der Waals surface area contributed by atoms with Crippen molar-refractivity contribution in [2.45, 2.75) is 0 Å². The highest BCUT2D eigenvalue weighted by atomic mass is 32.1. The fourth-order valence-electron chi connectivity index (χ4n) is 16.9. The molecule has 0 N–H and O–H groups in total. The highest BCUT2D eigenvalue weighted by Crippen LogP contribution is 2.51.